The number of rotatable bonds is 4. The number of anilines is 1. The molecular weight excluding hydrogens is 250 g/mol. The number of benzene rings is 1. The normalized spacial score (nSPS) is 12.4. The van der Waals surface area contributed by atoms with Crippen molar-refractivity contribution in [2.75, 3.05) is 5.32 Å². The molecule has 1 atom stereocenters. The van der Waals surface area contributed by atoms with Crippen LogP contribution >= 0.6 is 0 Å². The third-order valence-electron chi connectivity index (χ3n) is 3.25. The minimum atomic E-state index is -0.123. The van der Waals surface area contributed by atoms with Crippen LogP contribution in [0.25, 0.3) is 0 Å². The molecule has 1 aromatic heterocycles. The molecule has 20 heavy (non-hydrogen) atoms. The smallest absolute Gasteiger partial charge is 0.252 e. The Morgan fingerprint density at radius 2 is 1.80 bits per heavy atom. The molecular formula is C16H21N3O. The molecule has 0 bridgehead atoms. The number of hydrogen-bond donors (Lipinski definition) is 2. The summed E-state index contributed by atoms with van der Waals surface area (Å²) in [6, 6.07) is 9.94. The van der Waals surface area contributed by atoms with Gasteiger partial charge in [-0.25, -0.2) is 4.98 Å². The van der Waals surface area contributed by atoms with Crippen molar-refractivity contribution in [3.05, 3.63) is 57.6 Å². The fraction of sp³-hybridized carbons (Fsp3) is 0.375. The quantitative estimate of drug-likeness (QED) is 0.896. The zero-order chi connectivity index (χ0) is 14.7. The van der Waals surface area contributed by atoms with Gasteiger partial charge in [-0.2, -0.15) is 0 Å². The lowest BCUT2D eigenvalue weighted by Crippen LogP contribution is -2.16. The molecule has 2 N–H and O–H groups in total. The number of nitrogens with one attached hydrogen (secondary N) is 2. The monoisotopic (exact) mass is 271 g/mol. The van der Waals surface area contributed by atoms with E-state index in [0.717, 1.165) is 0 Å². The lowest BCUT2D eigenvalue weighted by atomic mass is 10.1. The Kier molecular flexibility index (Phi) is 4.23. The van der Waals surface area contributed by atoms with E-state index in [1.807, 2.05) is 13.8 Å². The van der Waals surface area contributed by atoms with Crippen molar-refractivity contribution in [2.24, 2.45) is 0 Å². The molecule has 0 amide bonds. The number of H-pyrrole nitrogens is 1. The fourth-order valence-electron chi connectivity index (χ4n) is 1.98. The van der Waals surface area contributed by atoms with Crippen LogP contribution in [0.2, 0.25) is 0 Å². The second-order valence-electron chi connectivity index (χ2n) is 5.45. The van der Waals surface area contributed by atoms with Crippen LogP contribution in [0.5, 0.6) is 0 Å². The lowest BCUT2D eigenvalue weighted by Gasteiger charge is -2.16. The molecule has 0 fully saturated rings. The Labute approximate surface area is 119 Å². The van der Waals surface area contributed by atoms with Crippen molar-refractivity contribution < 1.29 is 0 Å². The molecule has 4 nitrogen and oxygen atoms in total. The first-order chi connectivity index (χ1) is 9.45. The molecule has 0 radical (unpaired) electrons. The molecule has 0 saturated heterocycles. The second-order valence-corrected chi connectivity index (χ2v) is 5.45. The van der Waals surface area contributed by atoms with Crippen molar-refractivity contribution in [1.29, 1.82) is 0 Å². The molecule has 4 heteroatoms. The van der Waals surface area contributed by atoms with Crippen molar-refractivity contribution in [2.45, 2.75) is 39.7 Å². The zero-order valence-electron chi connectivity index (χ0n) is 12.4. The molecule has 1 heterocycles. The van der Waals surface area contributed by atoms with Gasteiger partial charge in [-0.05, 0) is 19.4 Å². The van der Waals surface area contributed by atoms with E-state index >= 15 is 0 Å². The van der Waals surface area contributed by atoms with Crippen LogP contribution in [0.1, 0.15) is 49.7 Å². The van der Waals surface area contributed by atoms with Gasteiger partial charge < -0.3 is 10.3 Å². The number of hydrogen-bond acceptors (Lipinski definition) is 3. The summed E-state index contributed by atoms with van der Waals surface area (Å²) in [7, 11) is 0. The van der Waals surface area contributed by atoms with E-state index in [2.05, 4.69) is 53.4 Å². The van der Waals surface area contributed by atoms with Gasteiger partial charge in [0.25, 0.3) is 5.56 Å². The van der Waals surface area contributed by atoms with Crippen LogP contribution in [0.15, 0.2) is 35.1 Å². The number of nitrogens with zero attached hydrogens (tertiary/aromatic N) is 1. The van der Waals surface area contributed by atoms with Crippen molar-refractivity contribution in [1.82, 2.24) is 9.97 Å². The third kappa shape index (κ3) is 3.47. The highest BCUT2D eigenvalue weighted by molar-refractivity contribution is 5.38. The van der Waals surface area contributed by atoms with E-state index in [4.69, 9.17) is 0 Å². The van der Waals surface area contributed by atoms with Gasteiger partial charge in [0, 0.05) is 18.0 Å². The highest BCUT2D eigenvalue weighted by atomic mass is 16.1. The number of aryl methyl sites for hydroxylation is 1. The average Bonchev–Trinajstić information content (AvgIpc) is 2.38. The molecule has 0 aliphatic carbocycles. The highest BCUT2D eigenvalue weighted by Gasteiger charge is 2.09. The maximum absolute atomic E-state index is 11.6. The maximum atomic E-state index is 11.6. The van der Waals surface area contributed by atoms with E-state index in [1.165, 1.54) is 17.2 Å². The van der Waals surface area contributed by atoms with E-state index in [1.54, 1.807) is 0 Å². The van der Waals surface area contributed by atoms with Gasteiger partial charge in [0.1, 0.15) is 11.6 Å². The Balaban J connectivity index is 2.21. The van der Waals surface area contributed by atoms with Crippen LogP contribution in [0.3, 0.4) is 0 Å². The third-order valence-corrected chi connectivity index (χ3v) is 3.25. The summed E-state index contributed by atoms with van der Waals surface area (Å²) in [6.07, 6.45) is 0. The largest absolute Gasteiger partial charge is 0.363 e. The minimum absolute atomic E-state index is 0.102. The minimum Gasteiger partial charge on any atom is -0.363 e. The fourth-order valence-corrected chi connectivity index (χ4v) is 1.98. The van der Waals surface area contributed by atoms with E-state index < -0.39 is 0 Å². The summed E-state index contributed by atoms with van der Waals surface area (Å²) in [5.41, 5.74) is 2.28. The van der Waals surface area contributed by atoms with Crippen LogP contribution in [0.4, 0.5) is 5.82 Å². The molecule has 0 aliphatic heterocycles. The summed E-state index contributed by atoms with van der Waals surface area (Å²) in [5, 5.41) is 3.28. The predicted molar refractivity (Wildman–Crippen MR) is 82.2 cm³/mol. The van der Waals surface area contributed by atoms with Crippen LogP contribution in [-0.2, 0) is 0 Å². The zero-order valence-corrected chi connectivity index (χ0v) is 12.4. The van der Waals surface area contributed by atoms with Crippen LogP contribution in [-0.4, -0.2) is 9.97 Å². The first kappa shape index (κ1) is 14.3. The number of aromatic nitrogens is 2. The molecule has 0 saturated carbocycles. The average molecular weight is 271 g/mol. The summed E-state index contributed by atoms with van der Waals surface area (Å²) in [6.45, 7) is 8.13. The molecule has 2 aromatic rings. The molecule has 0 spiro atoms. The first-order valence-corrected chi connectivity index (χ1v) is 6.90. The highest BCUT2D eigenvalue weighted by Crippen LogP contribution is 2.18. The van der Waals surface area contributed by atoms with E-state index in [-0.39, 0.29) is 17.5 Å². The van der Waals surface area contributed by atoms with E-state index in [9.17, 15) is 4.79 Å². The molecule has 0 aliphatic rings. The van der Waals surface area contributed by atoms with Crippen LogP contribution in [0, 0.1) is 6.92 Å². The molecule has 1 aromatic carbocycles. The van der Waals surface area contributed by atoms with Gasteiger partial charge >= 0.3 is 0 Å². The van der Waals surface area contributed by atoms with E-state index in [0.29, 0.717) is 11.6 Å². The molecule has 1 unspecified atom stereocenters. The van der Waals surface area contributed by atoms with Crippen molar-refractivity contribution in [3.8, 4) is 0 Å². The van der Waals surface area contributed by atoms with Gasteiger partial charge in [0.2, 0.25) is 0 Å². The predicted octanol–water partition coefficient (Wildman–Crippen LogP) is 3.37. The summed E-state index contributed by atoms with van der Waals surface area (Å²) in [4.78, 5) is 18.9. The number of aromatic amines is 1. The van der Waals surface area contributed by atoms with Gasteiger partial charge in [-0.1, -0.05) is 43.7 Å². The van der Waals surface area contributed by atoms with Gasteiger partial charge in [0.05, 0.1) is 0 Å². The van der Waals surface area contributed by atoms with Crippen LogP contribution < -0.4 is 10.9 Å². The SMILES string of the molecule is Cc1ccc(C(C)Nc2cc(=O)[nH]c(C(C)C)n2)cc1. The van der Waals surface area contributed by atoms with Gasteiger partial charge in [0.15, 0.2) is 0 Å². The topological polar surface area (TPSA) is 57.8 Å². The van der Waals surface area contributed by atoms with Gasteiger partial charge in [-0.3, -0.25) is 4.79 Å². The maximum Gasteiger partial charge on any atom is 0.252 e. The second kappa shape index (κ2) is 5.90. The Morgan fingerprint density at radius 1 is 1.15 bits per heavy atom. The van der Waals surface area contributed by atoms with Crippen molar-refractivity contribution >= 4 is 5.82 Å². The first-order valence-electron chi connectivity index (χ1n) is 6.90. The Morgan fingerprint density at radius 3 is 2.40 bits per heavy atom. The molecule has 2 rings (SSSR count). The summed E-state index contributed by atoms with van der Waals surface area (Å²) in [5.74, 6) is 1.51. The van der Waals surface area contributed by atoms with Gasteiger partial charge in [-0.15, -0.1) is 0 Å². The van der Waals surface area contributed by atoms with Crippen molar-refractivity contribution in [3.63, 3.8) is 0 Å². The summed E-state index contributed by atoms with van der Waals surface area (Å²) < 4.78 is 0. The standard InChI is InChI=1S/C16H21N3O/c1-10(2)16-18-14(9-15(20)19-16)17-12(4)13-7-5-11(3)6-8-13/h5-10,12H,1-4H3,(H2,17,18,19,20). The Hall–Kier alpha value is -2.10. The molecule has 106 valence electrons. The lowest BCUT2D eigenvalue weighted by molar-refractivity contribution is 0.761. The summed E-state index contributed by atoms with van der Waals surface area (Å²) >= 11 is 0. The Bertz CT molecular complexity index is 629.